The molecule has 1 aliphatic carbocycles. The third kappa shape index (κ3) is 4.43. The minimum Gasteiger partial charge on any atom is -0.341 e. The molecule has 1 N–H and O–H groups in total. The Morgan fingerprint density at radius 3 is 2.61 bits per heavy atom. The molecule has 2 fully saturated rings. The van der Waals surface area contributed by atoms with Gasteiger partial charge >= 0.3 is 6.03 Å². The van der Waals surface area contributed by atoms with Crippen molar-refractivity contribution < 1.29 is 14.0 Å². The normalized spacial score (nSPS) is 18.5. The Labute approximate surface area is 135 Å². The van der Waals surface area contributed by atoms with E-state index < -0.39 is 0 Å². The molecule has 0 bridgehead atoms. The number of nitrogens with one attached hydrogen (secondary N) is 1. The van der Waals surface area contributed by atoms with Crippen LogP contribution in [0.2, 0.25) is 0 Å². The highest BCUT2D eigenvalue weighted by atomic mass is 19.1. The molecule has 1 aliphatic heterocycles. The lowest BCUT2D eigenvalue weighted by Gasteiger charge is -2.22. The quantitative estimate of drug-likeness (QED) is 0.923. The second-order valence-corrected chi connectivity index (χ2v) is 6.25. The molecule has 1 aromatic rings. The molecule has 5 nitrogen and oxygen atoms in total. The highest BCUT2D eigenvalue weighted by Gasteiger charge is 2.27. The zero-order valence-corrected chi connectivity index (χ0v) is 13.1. The van der Waals surface area contributed by atoms with Crippen LogP contribution in [0.3, 0.4) is 0 Å². The number of carbonyl (C=O) groups excluding carboxylic acids is 2. The number of nitrogens with zero attached hydrogens (tertiary/aromatic N) is 2. The number of urea groups is 1. The van der Waals surface area contributed by atoms with Gasteiger partial charge in [0.1, 0.15) is 5.82 Å². The summed E-state index contributed by atoms with van der Waals surface area (Å²) in [5.74, 6) is -0.339. The first kappa shape index (κ1) is 15.8. The molecule has 0 aromatic heterocycles. The maximum Gasteiger partial charge on any atom is 0.317 e. The van der Waals surface area contributed by atoms with Gasteiger partial charge in [-0.3, -0.25) is 4.79 Å². The number of rotatable bonds is 3. The maximum atomic E-state index is 13.2. The molecule has 124 valence electrons. The summed E-state index contributed by atoms with van der Waals surface area (Å²) in [6.07, 6.45) is 3.11. The fourth-order valence-electron chi connectivity index (χ4n) is 2.80. The monoisotopic (exact) mass is 319 g/mol. The lowest BCUT2D eigenvalue weighted by Crippen LogP contribution is -2.43. The van der Waals surface area contributed by atoms with Crippen LogP contribution in [-0.4, -0.2) is 54.0 Å². The Kier molecular flexibility index (Phi) is 4.79. The van der Waals surface area contributed by atoms with Crippen molar-refractivity contribution in [3.8, 4) is 0 Å². The van der Waals surface area contributed by atoms with Gasteiger partial charge in [-0.15, -0.1) is 0 Å². The molecular formula is C17H22FN3O2. The van der Waals surface area contributed by atoms with E-state index in [1.54, 1.807) is 21.9 Å². The summed E-state index contributed by atoms with van der Waals surface area (Å²) in [4.78, 5) is 28.0. The summed E-state index contributed by atoms with van der Waals surface area (Å²) in [7, 11) is 0. The minimum atomic E-state index is -0.325. The smallest absolute Gasteiger partial charge is 0.317 e. The van der Waals surface area contributed by atoms with E-state index in [1.165, 1.54) is 12.1 Å². The maximum absolute atomic E-state index is 13.2. The molecule has 1 heterocycles. The van der Waals surface area contributed by atoms with E-state index in [0.29, 0.717) is 37.8 Å². The third-order valence-corrected chi connectivity index (χ3v) is 4.29. The van der Waals surface area contributed by atoms with Crippen molar-refractivity contribution in [2.45, 2.75) is 31.7 Å². The van der Waals surface area contributed by atoms with Gasteiger partial charge in [-0.25, -0.2) is 9.18 Å². The van der Waals surface area contributed by atoms with Gasteiger partial charge in [-0.2, -0.15) is 0 Å². The summed E-state index contributed by atoms with van der Waals surface area (Å²) in [5.41, 5.74) is 0.683. The van der Waals surface area contributed by atoms with Crippen molar-refractivity contribution in [2.24, 2.45) is 0 Å². The second kappa shape index (κ2) is 6.98. The van der Waals surface area contributed by atoms with E-state index in [9.17, 15) is 14.0 Å². The van der Waals surface area contributed by atoms with Gasteiger partial charge in [0.15, 0.2) is 0 Å². The molecule has 0 unspecified atom stereocenters. The highest BCUT2D eigenvalue weighted by Crippen LogP contribution is 2.19. The van der Waals surface area contributed by atoms with Gasteiger partial charge in [-0.05, 0) is 37.0 Å². The zero-order valence-electron chi connectivity index (χ0n) is 13.1. The third-order valence-electron chi connectivity index (χ3n) is 4.29. The van der Waals surface area contributed by atoms with Crippen molar-refractivity contribution >= 4 is 11.9 Å². The molecule has 1 aromatic carbocycles. The van der Waals surface area contributed by atoms with Crippen molar-refractivity contribution in [3.63, 3.8) is 0 Å². The number of hydrogen-bond donors (Lipinski definition) is 1. The number of hydrogen-bond acceptors (Lipinski definition) is 2. The van der Waals surface area contributed by atoms with Crippen molar-refractivity contribution in [1.29, 1.82) is 0 Å². The Hall–Kier alpha value is -2.11. The van der Waals surface area contributed by atoms with Crippen molar-refractivity contribution in [3.05, 3.63) is 35.6 Å². The van der Waals surface area contributed by atoms with Gasteiger partial charge in [-0.1, -0.05) is 12.1 Å². The van der Waals surface area contributed by atoms with E-state index in [2.05, 4.69) is 5.32 Å². The van der Waals surface area contributed by atoms with Crippen LogP contribution in [0, 0.1) is 5.82 Å². The van der Waals surface area contributed by atoms with Crippen LogP contribution in [0.4, 0.5) is 9.18 Å². The van der Waals surface area contributed by atoms with Crippen LogP contribution in [0.15, 0.2) is 24.3 Å². The van der Waals surface area contributed by atoms with Crippen LogP contribution >= 0.6 is 0 Å². The number of halogens is 1. The van der Waals surface area contributed by atoms with Gasteiger partial charge < -0.3 is 15.1 Å². The molecular weight excluding hydrogens is 297 g/mol. The van der Waals surface area contributed by atoms with Crippen LogP contribution in [0.25, 0.3) is 0 Å². The van der Waals surface area contributed by atoms with Gasteiger partial charge in [0, 0.05) is 32.2 Å². The SMILES string of the molecule is O=C(Cc1cccc(F)c1)N1CCCN(C(=O)NC2CC2)CC1. The lowest BCUT2D eigenvalue weighted by atomic mass is 10.1. The molecule has 0 radical (unpaired) electrons. The summed E-state index contributed by atoms with van der Waals surface area (Å²) in [6, 6.07) is 6.46. The molecule has 1 saturated carbocycles. The zero-order chi connectivity index (χ0) is 16.2. The molecule has 1 saturated heterocycles. The molecule has 6 heteroatoms. The topological polar surface area (TPSA) is 52.7 Å². The first-order valence-corrected chi connectivity index (χ1v) is 8.19. The van der Waals surface area contributed by atoms with Gasteiger partial charge in [0.05, 0.1) is 6.42 Å². The molecule has 3 amide bonds. The number of amides is 3. The Balaban J connectivity index is 1.52. The highest BCUT2D eigenvalue weighted by molar-refractivity contribution is 5.79. The van der Waals surface area contributed by atoms with Crippen LogP contribution in [0.5, 0.6) is 0 Å². The first-order valence-electron chi connectivity index (χ1n) is 8.19. The second-order valence-electron chi connectivity index (χ2n) is 6.25. The summed E-state index contributed by atoms with van der Waals surface area (Å²) >= 11 is 0. The largest absolute Gasteiger partial charge is 0.341 e. The Bertz CT molecular complexity index is 589. The van der Waals surface area contributed by atoms with E-state index in [0.717, 1.165) is 19.3 Å². The number of carbonyl (C=O) groups is 2. The fourth-order valence-corrected chi connectivity index (χ4v) is 2.80. The average Bonchev–Trinajstić information content (AvgIpc) is 3.32. The average molecular weight is 319 g/mol. The van der Waals surface area contributed by atoms with Crippen LogP contribution in [0.1, 0.15) is 24.8 Å². The minimum absolute atomic E-state index is 0.0138. The van der Waals surface area contributed by atoms with Gasteiger partial charge in [0.25, 0.3) is 0 Å². The fraction of sp³-hybridized carbons (Fsp3) is 0.529. The summed E-state index contributed by atoms with van der Waals surface area (Å²) in [6.45, 7) is 2.39. The van der Waals surface area contributed by atoms with Crippen molar-refractivity contribution in [1.82, 2.24) is 15.1 Å². The summed E-state index contributed by atoms with van der Waals surface area (Å²) < 4.78 is 13.2. The van der Waals surface area contributed by atoms with Crippen molar-refractivity contribution in [2.75, 3.05) is 26.2 Å². The van der Waals surface area contributed by atoms with Crippen LogP contribution < -0.4 is 5.32 Å². The lowest BCUT2D eigenvalue weighted by molar-refractivity contribution is -0.130. The molecule has 0 spiro atoms. The van der Waals surface area contributed by atoms with E-state index in [1.807, 2.05) is 0 Å². The number of benzene rings is 1. The molecule has 2 aliphatic rings. The van der Waals surface area contributed by atoms with E-state index in [-0.39, 0.29) is 24.2 Å². The molecule has 0 atom stereocenters. The van der Waals surface area contributed by atoms with Crippen LogP contribution in [-0.2, 0) is 11.2 Å². The Morgan fingerprint density at radius 1 is 1.13 bits per heavy atom. The van der Waals surface area contributed by atoms with E-state index >= 15 is 0 Å². The molecule has 23 heavy (non-hydrogen) atoms. The summed E-state index contributed by atoms with van der Waals surface area (Å²) in [5, 5.41) is 2.98. The predicted molar refractivity (Wildman–Crippen MR) is 84.4 cm³/mol. The van der Waals surface area contributed by atoms with Gasteiger partial charge in [0.2, 0.25) is 5.91 Å². The predicted octanol–water partition coefficient (Wildman–Crippen LogP) is 1.77. The first-order chi connectivity index (χ1) is 11.1. The standard InChI is InChI=1S/C17H22FN3O2/c18-14-4-1-3-13(11-14)12-16(22)20-7-2-8-21(10-9-20)17(23)19-15-5-6-15/h1,3-4,11,15H,2,5-10,12H2,(H,19,23). The molecule has 3 rings (SSSR count). The Morgan fingerprint density at radius 2 is 1.87 bits per heavy atom. The van der Waals surface area contributed by atoms with E-state index in [4.69, 9.17) is 0 Å².